The van der Waals surface area contributed by atoms with Crippen molar-refractivity contribution in [3.63, 3.8) is 0 Å². The molecule has 0 fully saturated rings. The Morgan fingerprint density at radius 3 is 2.70 bits per heavy atom. The minimum Gasteiger partial charge on any atom is -0.478 e. The molecule has 0 saturated carbocycles. The molecule has 0 aliphatic rings. The van der Waals surface area contributed by atoms with Crippen LogP contribution in [0.4, 0.5) is 0 Å². The zero-order chi connectivity index (χ0) is 16.6. The highest BCUT2D eigenvalue weighted by Crippen LogP contribution is 2.21. The molecule has 1 N–H and O–H groups in total. The Bertz CT molecular complexity index is 1010. The number of nitrogens with zero attached hydrogens (tertiary/aromatic N) is 3. The summed E-state index contributed by atoms with van der Waals surface area (Å²) in [6.45, 7) is 0. The van der Waals surface area contributed by atoms with Crippen LogP contribution in [0.5, 0.6) is 0 Å². The minimum absolute atomic E-state index is 0.000741. The molecule has 3 rings (SSSR count). The summed E-state index contributed by atoms with van der Waals surface area (Å²) < 4.78 is 26.3. The van der Waals surface area contributed by atoms with Crippen LogP contribution in [0, 0.1) is 0 Å². The molecule has 0 saturated heterocycles. The van der Waals surface area contributed by atoms with Crippen molar-refractivity contribution < 1.29 is 18.3 Å². The van der Waals surface area contributed by atoms with Crippen LogP contribution in [0.3, 0.4) is 0 Å². The number of pyridine rings is 1. The van der Waals surface area contributed by atoms with E-state index in [0.717, 1.165) is 0 Å². The largest absolute Gasteiger partial charge is 0.478 e. The van der Waals surface area contributed by atoms with Gasteiger partial charge < -0.3 is 9.67 Å². The Balaban J connectivity index is 2.14. The average Bonchev–Trinajstić information content (AvgIpc) is 2.93. The van der Waals surface area contributed by atoms with E-state index in [1.165, 1.54) is 23.0 Å². The first-order valence-corrected chi connectivity index (χ1v) is 8.36. The van der Waals surface area contributed by atoms with Crippen molar-refractivity contribution in [2.45, 2.75) is 10.9 Å². The zero-order valence-electron chi connectivity index (χ0n) is 12.2. The highest BCUT2D eigenvalue weighted by atomic mass is 32.2. The van der Waals surface area contributed by atoms with Crippen LogP contribution in [-0.2, 0) is 22.6 Å². The first-order chi connectivity index (χ1) is 10.9. The predicted octanol–water partition coefficient (Wildman–Crippen LogP) is 1.64. The molecule has 23 heavy (non-hydrogen) atoms. The molecule has 0 amide bonds. The van der Waals surface area contributed by atoms with Crippen LogP contribution >= 0.6 is 0 Å². The van der Waals surface area contributed by atoms with Gasteiger partial charge in [-0.1, -0.05) is 18.2 Å². The lowest BCUT2D eigenvalue weighted by atomic mass is 10.1. The molecular weight excluding hydrogens is 318 g/mol. The second-order valence-corrected chi connectivity index (χ2v) is 6.94. The quantitative estimate of drug-likeness (QED) is 0.780. The molecule has 0 spiro atoms. The average molecular weight is 331 g/mol. The molecule has 0 radical (unpaired) electrons. The summed E-state index contributed by atoms with van der Waals surface area (Å²) in [5, 5.41) is 9.87. The molecule has 1 aromatic carbocycles. The number of carboxylic acid groups (broad SMARTS) is 1. The van der Waals surface area contributed by atoms with Crippen molar-refractivity contribution in [2.24, 2.45) is 7.05 Å². The number of fused-ring (bicyclic) bond motifs is 1. The smallest absolute Gasteiger partial charge is 0.337 e. The van der Waals surface area contributed by atoms with Gasteiger partial charge in [0.25, 0.3) is 0 Å². The number of benzene rings is 1. The third kappa shape index (κ3) is 2.80. The van der Waals surface area contributed by atoms with Gasteiger partial charge in [0, 0.05) is 24.8 Å². The molecule has 2 aromatic heterocycles. The van der Waals surface area contributed by atoms with Crippen LogP contribution in [0.2, 0.25) is 0 Å². The van der Waals surface area contributed by atoms with Gasteiger partial charge in [0.05, 0.1) is 16.8 Å². The highest BCUT2D eigenvalue weighted by Gasteiger charge is 2.24. The Labute approximate surface area is 132 Å². The van der Waals surface area contributed by atoms with Crippen LogP contribution in [0.15, 0.2) is 47.9 Å². The van der Waals surface area contributed by atoms with Gasteiger partial charge in [-0.2, -0.15) is 0 Å². The maximum atomic E-state index is 12.5. The Morgan fingerprint density at radius 1 is 1.30 bits per heavy atom. The Hall–Kier alpha value is -2.74. The van der Waals surface area contributed by atoms with Crippen molar-refractivity contribution >= 4 is 26.7 Å². The van der Waals surface area contributed by atoms with Crippen molar-refractivity contribution in [1.82, 2.24) is 14.5 Å². The molecule has 0 bridgehead atoms. The van der Waals surface area contributed by atoms with E-state index < -0.39 is 21.6 Å². The fraction of sp³-hybridized carbons (Fsp3) is 0.133. The number of imidazole rings is 1. The molecular formula is C15H13N3O4S. The molecule has 3 aromatic rings. The van der Waals surface area contributed by atoms with Crippen molar-refractivity contribution in [3.8, 4) is 0 Å². The second kappa shape index (κ2) is 5.47. The highest BCUT2D eigenvalue weighted by molar-refractivity contribution is 7.90. The summed E-state index contributed by atoms with van der Waals surface area (Å²) in [6.07, 6.45) is 2.89. The van der Waals surface area contributed by atoms with Gasteiger partial charge in [-0.05, 0) is 12.1 Å². The SMILES string of the molecule is Cn1ccnc1S(=O)(=O)Cc1nc2ccccc2cc1C(=O)O. The van der Waals surface area contributed by atoms with E-state index in [9.17, 15) is 18.3 Å². The first kappa shape index (κ1) is 15.2. The van der Waals surface area contributed by atoms with Gasteiger partial charge in [0.1, 0.15) is 5.75 Å². The molecule has 118 valence electrons. The van der Waals surface area contributed by atoms with Gasteiger partial charge in [0.15, 0.2) is 0 Å². The maximum absolute atomic E-state index is 12.5. The van der Waals surface area contributed by atoms with E-state index in [-0.39, 0.29) is 16.4 Å². The number of aryl methyl sites for hydroxylation is 1. The van der Waals surface area contributed by atoms with E-state index in [1.54, 1.807) is 31.3 Å². The van der Waals surface area contributed by atoms with Gasteiger partial charge in [-0.15, -0.1) is 0 Å². The number of rotatable bonds is 4. The minimum atomic E-state index is -3.80. The van der Waals surface area contributed by atoms with E-state index in [0.29, 0.717) is 10.9 Å². The van der Waals surface area contributed by atoms with Crippen molar-refractivity contribution in [2.75, 3.05) is 0 Å². The van der Waals surface area contributed by atoms with Crippen LogP contribution < -0.4 is 0 Å². The van der Waals surface area contributed by atoms with E-state index >= 15 is 0 Å². The van der Waals surface area contributed by atoms with Gasteiger partial charge >= 0.3 is 5.97 Å². The van der Waals surface area contributed by atoms with Crippen LogP contribution in [0.25, 0.3) is 10.9 Å². The summed E-state index contributed by atoms with van der Waals surface area (Å²) >= 11 is 0. The molecule has 0 atom stereocenters. The van der Waals surface area contributed by atoms with Crippen LogP contribution in [-0.4, -0.2) is 34.0 Å². The summed E-state index contributed by atoms with van der Waals surface area (Å²) in [7, 11) is -2.24. The number of aromatic nitrogens is 3. The fourth-order valence-electron chi connectivity index (χ4n) is 2.35. The number of sulfone groups is 1. The van der Waals surface area contributed by atoms with E-state index in [4.69, 9.17) is 0 Å². The zero-order valence-corrected chi connectivity index (χ0v) is 13.0. The number of carboxylic acids is 1. The lowest BCUT2D eigenvalue weighted by Gasteiger charge is -2.08. The van der Waals surface area contributed by atoms with Gasteiger partial charge in [-0.3, -0.25) is 4.98 Å². The molecule has 7 nitrogen and oxygen atoms in total. The number of carbonyl (C=O) groups is 1. The third-order valence-corrected chi connectivity index (χ3v) is 5.02. The monoisotopic (exact) mass is 331 g/mol. The lowest BCUT2D eigenvalue weighted by molar-refractivity contribution is 0.0695. The summed E-state index contributed by atoms with van der Waals surface area (Å²) in [5.74, 6) is -1.74. The molecule has 8 heteroatoms. The van der Waals surface area contributed by atoms with E-state index in [2.05, 4.69) is 9.97 Å². The second-order valence-electron chi connectivity index (χ2n) is 5.06. The predicted molar refractivity (Wildman–Crippen MR) is 82.8 cm³/mol. The summed E-state index contributed by atoms with van der Waals surface area (Å²) in [4.78, 5) is 19.5. The number of hydrogen-bond acceptors (Lipinski definition) is 5. The molecule has 0 unspecified atom stereocenters. The topological polar surface area (TPSA) is 102 Å². The number of hydrogen-bond donors (Lipinski definition) is 1. The summed E-state index contributed by atoms with van der Waals surface area (Å²) in [6, 6.07) is 8.39. The van der Waals surface area contributed by atoms with Crippen molar-refractivity contribution in [3.05, 3.63) is 54.0 Å². The van der Waals surface area contributed by atoms with Crippen molar-refractivity contribution in [1.29, 1.82) is 0 Å². The molecule has 0 aliphatic heterocycles. The Morgan fingerprint density at radius 2 is 2.04 bits per heavy atom. The van der Waals surface area contributed by atoms with E-state index in [1.807, 2.05) is 0 Å². The fourth-order valence-corrected chi connectivity index (χ4v) is 3.78. The standard InChI is InChI=1S/C15H13N3O4S/c1-18-7-6-16-15(18)23(21,22)9-13-11(14(19)20)8-10-4-2-3-5-12(10)17-13/h2-8H,9H2,1H3,(H,19,20). The van der Waals surface area contributed by atoms with Gasteiger partial charge in [0.2, 0.25) is 15.0 Å². The Kier molecular flexibility index (Phi) is 3.61. The number of para-hydroxylation sites is 1. The molecule has 0 aliphatic carbocycles. The summed E-state index contributed by atoms with van der Waals surface area (Å²) in [5.41, 5.74) is 0.420. The third-order valence-electron chi connectivity index (χ3n) is 3.42. The molecule has 2 heterocycles. The van der Waals surface area contributed by atoms with Crippen LogP contribution in [0.1, 0.15) is 16.1 Å². The normalized spacial score (nSPS) is 11.7. The number of aromatic carboxylic acids is 1. The first-order valence-electron chi connectivity index (χ1n) is 6.70. The maximum Gasteiger partial charge on any atom is 0.337 e. The lowest BCUT2D eigenvalue weighted by Crippen LogP contribution is -2.15. The van der Waals surface area contributed by atoms with Gasteiger partial charge in [-0.25, -0.2) is 18.2 Å².